The minimum absolute atomic E-state index is 0.0184. The second kappa shape index (κ2) is 3.98. The number of rotatable bonds is 2. The number of nitrogens with zero attached hydrogens (tertiary/aromatic N) is 2. The second-order valence-electron chi connectivity index (χ2n) is 4.41. The fourth-order valence-corrected chi connectivity index (χ4v) is 2.43. The first kappa shape index (κ1) is 10.7. The molecule has 5 nitrogen and oxygen atoms in total. The number of aliphatic hydroxyl groups is 1. The lowest BCUT2D eigenvalue weighted by Crippen LogP contribution is -2.58. The van der Waals surface area contributed by atoms with E-state index in [0.717, 1.165) is 39.0 Å². The van der Waals surface area contributed by atoms with Crippen LogP contribution in [0.25, 0.3) is 0 Å². The molecular weight excluding hydrogens is 194 g/mol. The minimum Gasteiger partial charge on any atom is -0.395 e. The van der Waals surface area contributed by atoms with Crippen LogP contribution in [0, 0.1) is 0 Å². The molecule has 1 saturated carbocycles. The van der Waals surface area contributed by atoms with Gasteiger partial charge in [-0.3, -0.25) is 4.90 Å². The second-order valence-corrected chi connectivity index (χ2v) is 4.41. The molecule has 0 bridgehead atoms. The van der Waals surface area contributed by atoms with Crippen molar-refractivity contribution in [3.8, 4) is 0 Å². The number of nitrogens with one attached hydrogen (secondary N) is 1. The Morgan fingerprint density at radius 3 is 2.73 bits per heavy atom. The molecule has 2 rings (SSSR count). The van der Waals surface area contributed by atoms with E-state index in [1.165, 1.54) is 0 Å². The van der Waals surface area contributed by atoms with Gasteiger partial charge in [-0.1, -0.05) is 0 Å². The van der Waals surface area contributed by atoms with Crippen LogP contribution in [0.4, 0.5) is 4.79 Å². The Kier molecular flexibility index (Phi) is 2.84. The average molecular weight is 213 g/mol. The van der Waals surface area contributed by atoms with Crippen molar-refractivity contribution in [1.29, 1.82) is 0 Å². The SMILES string of the molecule is CNC(=O)N1CCN(CCO)C2(CC2)C1. The molecule has 2 amide bonds. The molecule has 0 unspecified atom stereocenters. The van der Waals surface area contributed by atoms with Crippen LogP contribution in [0.15, 0.2) is 0 Å². The first-order chi connectivity index (χ1) is 7.22. The van der Waals surface area contributed by atoms with E-state index >= 15 is 0 Å². The van der Waals surface area contributed by atoms with Crippen molar-refractivity contribution in [2.75, 3.05) is 39.8 Å². The summed E-state index contributed by atoms with van der Waals surface area (Å²) in [5.41, 5.74) is 0.188. The Morgan fingerprint density at radius 2 is 2.20 bits per heavy atom. The van der Waals surface area contributed by atoms with Crippen LogP contribution in [0.1, 0.15) is 12.8 Å². The highest BCUT2D eigenvalue weighted by molar-refractivity contribution is 5.74. The molecule has 1 aliphatic heterocycles. The molecule has 5 heteroatoms. The van der Waals surface area contributed by atoms with E-state index in [1.54, 1.807) is 7.05 Å². The Balaban J connectivity index is 1.96. The minimum atomic E-state index is 0.0184. The molecule has 0 aromatic heterocycles. The smallest absolute Gasteiger partial charge is 0.317 e. The standard InChI is InChI=1S/C10H19N3O2/c1-11-9(15)12-4-5-13(6-7-14)10(8-12)2-3-10/h14H,2-8H2,1H3,(H,11,15). The van der Waals surface area contributed by atoms with E-state index in [-0.39, 0.29) is 18.2 Å². The number of piperazine rings is 1. The maximum atomic E-state index is 11.5. The molecule has 1 saturated heterocycles. The summed E-state index contributed by atoms with van der Waals surface area (Å²) in [6.45, 7) is 3.41. The number of aliphatic hydroxyl groups excluding tert-OH is 1. The molecule has 1 heterocycles. The molecule has 15 heavy (non-hydrogen) atoms. The van der Waals surface area contributed by atoms with Crippen LogP contribution in [0.3, 0.4) is 0 Å². The van der Waals surface area contributed by atoms with Crippen molar-refractivity contribution in [1.82, 2.24) is 15.1 Å². The molecule has 2 aliphatic rings. The fraction of sp³-hybridized carbons (Fsp3) is 0.900. The molecule has 2 fully saturated rings. The van der Waals surface area contributed by atoms with Crippen molar-refractivity contribution in [3.05, 3.63) is 0 Å². The van der Waals surface area contributed by atoms with Gasteiger partial charge in [-0.2, -0.15) is 0 Å². The highest BCUT2D eigenvalue weighted by Gasteiger charge is 2.51. The molecule has 2 N–H and O–H groups in total. The summed E-state index contributed by atoms with van der Waals surface area (Å²) in [7, 11) is 1.67. The number of hydrogen-bond acceptors (Lipinski definition) is 3. The van der Waals surface area contributed by atoms with E-state index < -0.39 is 0 Å². The van der Waals surface area contributed by atoms with Crippen LogP contribution in [-0.2, 0) is 0 Å². The van der Waals surface area contributed by atoms with Gasteiger partial charge < -0.3 is 15.3 Å². The van der Waals surface area contributed by atoms with E-state index in [4.69, 9.17) is 5.11 Å². The topological polar surface area (TPSA) is 55.8 Å². The maximum absolute atomic E-state index is 11.5. The molecule has 0 aromatic rings. The number of carbonyl (C=O) groups excluding carboxylic acids is 1. The lowest BCUT2D eigenvalue weighted by atomic mass is 10.1. The van der Waals surface area contributed by atoms with E-state index in [1.807, 2.05) is 4.90 Å². The van der Waals surface area contributed by atoms with Crippen molar-refractivity contribution in [2.45, 2.75) is 18.4 Å². The van der Waals surface area contributed by atoms with Crippen molar-refractivity contribution in [2.24, 2.45) is 0 Å². The van der Waals surface area contributed by atoms with Crippen LogP contribution in [-0.4, -0.2) is 66.3 Å². The summed E-state index contributed by atoms with van der Waals surface area (Å²) in [6, 6.07) is 0.0184. The summed E-state index contributed by atoms with van der Waals surface area (Å²) < 4.78 is 0. The van der Waals surface area contributed by atoms with Crippen molar-refractivity contribution in [3.63, 3.8) is 0 Å². The van der Waals surface area contributed by atoms with Gasteiger partial charge >= 0.3 is 6.03 Å². The van der Waals surface area contributed by atoms with Crippen LogP contribution < -0.4 is 5.32 Å². The van der Waals surface area contributed by atoms with Gasteiger partial charge in [-0.25, -0.2) is 4.79 Å². The Morgan fingerprint density at radius 1 is 1.47 bits per heavy atom. The van der Waals surface area contributed by atoms with Crippen LogP contribution in [0.5, 0.6) is 0 Å². The van der Waals surface area contributed by atoms with E-state index in [2.05, 4.69) is 10.2 Å². The zero-order valence-corrected chi connectivity index (χ0v) is 9.20. The monoisotopic (exact) mass is 213 g/mol. The van der Waals surface area contributed by atoms with Gasteiger partial charge in [0.05, 0.1) is 6.61 Å². The van der Waals surface area contributed by atoms with Gasteiger partial charge in [0, 0.05) is 38.8 Å². The predicted molar refractivity (Wildman–Crippen MR) is 56.7 cm³/mol. The quantitative estimate of drug-likeness (QED) is 0.648. The summed E-state index contributed by atoms with van der Waals surface area (Å²) in [6.07, 6.45) is 2.31. The number of hydrogen-bond donors (Lipinski definition) is 2. The first-order valence-electron chi connectivity index (χ1n) is 5.54. The van der Waals surface area contributed by atoms with Gasteiger partial charge in [0.15, 0.2) is 0 Å². The zero-order chi connectivity index (χ0) is 10.9. The van der Waals surface area contributed by atoms with Crippen molar-refractivity contribution >= 4 is 6.03 Å². The number of amides is 2. The first-order valence-corrected chi connectivity index (χ1v) is 5.54. The number of β-amino-alcohol motifs (C(OH)–C–C–N with tert-alkyl or cyclic N) is 1. The summed E-state index contributed by atoms with van der Waals surface area (Å²) in [5, 5.41) is 11.6. The Bertz CT molecular complexity index is 253. The summed E-state index contributed by atoms with van der Waals surface area (Å²) in [5.74, 6) is 0. The fourth-order valence-electron chi connectivity index (χ4n) is 2.43. The maximum Gasteiger partial charge on any atom is 0.317 e. The third kappa shape index (κ3) is 1.94. The van der Waals surface area contributed by atoms with Gasteiger partial charge in [-0.05, 0) is 12.8 Å². The highest BCUT2D eigenvalue weighted by atomic mass is 16.3. The zero-order valence-electron chi connectivity index (χ0n) is 9.20. The summed E-state index contributed by atoms with van der Waals surface area (Å²) >= 11 is 0. The Labute approximate surface area is 90.0 Å². The number of urea groups is 1. The molecule has 0 radical (unpaired) electrons. The predicted octanol–water partition coefficient (Wildman–Crippen LogP) is -0.532. The largest absolute Gasteiger partial charge is 0.395 e. The molecular formula is C10H19N3O2. The van der Waals surface area contributed by atoms with E-state index in [0.29, 0.717) is 0 Å². The Hall–Kier alpha value is -0.810. The molecule has 0 atom stereocenters. The summed E-state index contributed by atoms with van der Waals surface area (Å²) in [4.78, 5) is 15.7. The molecule has 1 aliphatic carbocycles. The lowest BCUT2D eigenvalue weighted by Gasteiger charge is -2.41. The third-order valence-electron chi connectivity index (χ3n) is 3.49. The van der Waals surface area contributed by atoms with Gasteiger partial charge in [-0.15, -0.1) is 0 Å². The van der Waals surface area contributed by atoms with Crippen LogP contribution in [0.2, 0.25) is 0 Å². The normalized spacial score (nSPS) is 24.3. The van der Waals surface area contributed by atoms with E-state index in [9.17, 15) is 4.79 Å². The highest BCUT2D eigenvalue weighted by Crippen LogP contribution is 2.43. The van der Waals surface area contributed by atoms with Crippen LogP contribution >= 0.6 is 0 Å². The number of carbonyl (C=O) groups is 1. The average Bonchev–Trinajstić information content (AvgIpc) is 3.01. The molecule has 1 spiro atoms. The molecule has 0 aromatic carbocycles. The molecule has 86 valence electrons. The van der Waals surface area contributed by atoms with Gasteiger partial charge in [0.25, 0.3) is 0 Å². The lowest BCUT2D eigenvalue weighted by molar-refractivity contribution is 0.0612. The van der Waals surface area contributed by atoms with Gasteiger partial charge in [0.2, 0.25) is 0 Å². The van der Waals surface area contributed by atoms with Crippen molar-refractivity contribution < 1.29 is 9.90 Å². The third-order valence-corrected chi connectivity index (χ3v) is 3.49. The van der Waals surface area contributed by atoms with Gasteiger partial charge in [0.1, 0.15) is 0 Å².